The van der Waals surface area contributed by atoms with Crippen molar-refractivity contribution in [3.63, 3.8) is 0 Å². The van der Waals surface area contributed by atoms with Gasteiger partial charge in [-0.1, -0.05) is 48.0 Å². The lowest BCUT2D eigenvalue weighted by Gasteiger charge is -2.16. The number of carbonyl (C=O) groups excluding carboxylic acids is 2. The molecule has 172 valence electrons. The Bertz CT molecular complexity index is 1300. The second kappa shape index (κ2) is 8.94. The molecule has 3 aromatic carbocycles. The van der Waals surface area contributed by atoms with Crippen molar-refractivity contribution in [2.24, 2.45) is 0 Å². The van der Waals surface area contributed by atoms with Crippen LogP contribution in [0, 0.1) is 6.92 Å². The molecule has 2 heterocycles. The van der Waals surface area contributed by atoms with Crippen LogP contribution in [0.2, 0.25) is 0 Å². The molecule has 0 unspecified atom stereocenters. The van der Waals surface area contributed by atoms with Gasteiger partial charge in [0.15, 0.2) is 11.5 Å². The van der Waals surface area contributed by atoms with Gasteiger partial charge in [0.1, 0.15) is 11.4 Å². The van der Waals surface area contributed by atoms with Gasteiger partial charge in [-0.15, -0.1) is 0 Å². The summed E-state index contributed by atoms with van der Waals surface area (Å²) in [5, 5.41) is 3.19. The molecule has 0 saturated carbocycles. The fourth-order valence-electron chi connectivity index (χ4n) is 4.03. The van der Waals surface area contributed by atoms with Crippen molar-refractivity contribution in [2.45, 2.75) is 20.4 Å². The molecule has 2 aliphatic rings. The van der Waals surface area contributed by atoms with Crippen molar-refractivity contribution in [3.8, 4) is 17.2 Å². The van der Waals surface area contributed by atoms with E-state index in [1.807, 2.05) is 68.4 Å². The number of nitrogens with one attached hydrogen (secondary N) is 1. The van der Waals surface area contributed by atoms with Gasteiger partial charge in [-0.3, -0.25) is 14.5 Å². The minimum Gasteiger partial charge on any atom is -0.492 e. The van der Waals surface area contributed by atoms with E-state index in [1.54, 1.807) is 12.1 Å². The fourth-order valence-corrected chi connectivity index (χ4v) is 4.03. The van der Waals surface area contributed by atoms with Gasteiger partial charge in [0.05, 0.1) is 24.4 Å². The number of rotatable bonds is 7. The fraction of sp³-hybridized carbons (Fsp3) is 0.185. The summed E-state index contributed by atoms with van der Waals surface area (Å²) in [7, 11) is 0. The summed E-state index contributed by atoms with van der Waals surface area (Å²) in [6.45, 7) is 4.62. The maximum atomic E-state index is 13.6. The van der Waals surface area contributed by atoms with Crippen LogP contribution in [0.4, 0.5) is 5.69 Å². The van der Waals surface area contributed by atoms with Crippen LogP contribution >= 0.6 is 0 Å². The molecule has 0 atom stereocenters. The molecule has 0 radical (unpaired) electrons. The molecule has 2 amide bonds. The number of nitrogens with zero attached hydrogens (tertiary/aromatic N) is 1. The zero-order valence-corrected chi connectivity index (χ0v) is 19.0. The molecule has 5 rings (SSSR count). The largest absolute Gasteiger partial charge is 0.492 e. The quantitative estimate of drug-likeness (QED) is 0.527. The average Bonchev–Trinajstić information content (AvgIpc) is 3.39. The molecule has 0 saturated heterocycles. The summed E-state index contributed by atoms with van der Waals surface area (Å²) < 4.78 is 16.5. The highest BCUT2D eigenvalue weighted by Crippen LogP contribution is 2.36. The zero-order valence-electron chi connectivity index (χ0n) is 19.0. The number of carbonyl (C=O) groups is 2. The lowest BCUT2D eigenvalue weighted by molar-refractivity contribution is -0.137. The number of benzene rings is 3. The van der Waals surface area contributed by atoms with Crippen LogP contribution in [0.5, 0.6) is 17.2 Å². The van der Waals surface area contributed by atoms with Crippen LogP contribution in [-0.2, 0) is 16.1 Å². The molecule has 0 bridgehead atoms. The molecular weight excluding hydrogens is 432 g/mol. The molecule has 3 aromatic rings. The first kappa shape index (κ1) is 21.6. The van der Waals surface area contributed by atoms with Crippen LogP contribution < -0.4 is 19.5 Å². The van der Waals surface area contributed by atoms with Gasteiger partial charge < -0.3 is 19.5 Å². The Balaban J connectivity index is 1.52. The van der Waals surface area contributed by atoms with Gasteiger partial charge in [0.25, 0.3) is 11.8 Å². The number of hydrogen-bond donors (Lipinski definition) is 1. The van der Waals surface area contributed by atoms with Gasteiger partial charge in [-0.25, -0.2) is 0 Å². The lowest BCUT2D eigenvalue weighted by atomic mass is 10.0. The predicted molar refractivity (Wildman–Crippen MR) is 127 cm³/mol. The van der Waals surface area contributed by atoms with Crippen LogP contribution in [0.3, 0.4) is 0 Å². The number of fused-ring (bicyclic) bond motifs is 1. The zero-order chi connectivity index (χ0) is 23.7. The van der Waals surface area contributed by atoms with Gasteiger partial charge in [-0.05, 0) is 49.2 Å². The second-order valence-corrected chi connectivity index (χ2v) is 8.05. The first-order chi connectivity index (χ1) is 16.5. The van der Waals surface area contributed by atoms with Crippen molar-refractivity contribution in [2.75, 3.05) is 18.7 Å². The Kier molecular flexibility index (Phi) is 5.67. The van der Waals surface area contributed by atoms with Gasteiger partial charge in [0.2, 0.25) is 6.79 Å². The first-order valence-electron chi connectivity index (χ1n) is 11.1. The molecule has 7 nitrogen and oxygen atoms in total. The molecule has 34 heavy (non-hydrogen) atoms. The van der Waals surface area contributed by atoms with Crippen molar-refractivity contribution < 1.29 is 23.8 Å². The molecule has 0 aliphatic carbocycles. The standard InChI is InChI=1S/C27H24N2O5/c1-3-32-21-7-5-4-6-20(21)28-25-24(19-11-8-17(2)9-12-19)26(30)29(27(25)31)15-18-10-13-22-23(14-18)34-16-33-22/h4-14,28H,3,15-16H2,1-2H3. The Morgan fingerprint density at radius 1 is 0.941 bits per heavy atom. The van der Waals surface area contributed by atoms with Crippen molar-refractivity contribution in [1.82, 2.24) is 4.90 Å². The van der Waals surface area contributed by atoms with E-state index < -0.39 is 5.91 Å². The van der Waals surface area contributed by atoms with Crippen molar-refractivity contribution in [3.05, 3.63) is 89.1 Å². The summed E-state index contributed by atoms with van der Waals surface area (Å²) in [6.07, 6.45) is 0. The Labute approximate surface area is 197 Å². The predicted octanol–water partition coefficient (Wildman–Crippen LogP) is 4.51. The highest BCUT2D eigenvalue weighted by Gasteiger charge is 2.39. The Morgan fingerprint density at radius 3 is 2.50 bits per heavy atom. The summed E-state index contributed by atoms with van der Waals surface area (Å²) in [5.41, 5.74) is 3.68. The van der Waals surface area contributed by atoms with Crippen molar-refractivity contribution in [1.29, 1.82) is 0 Å². The third-order valence-corrected chi connectivity index (χ3v) is 5.73. The van der Waals surface area contributed by atoms with E-state index in [0.29, 0.717) is 40.7 Å². The van der Waals surface area contributed by atoms with E-state index in [9.17, 15) is 9.59 Å². The summed E-state index contributed by atoms with van der Waals surface area (Å²) in [6, 6.07) is 20.3. The topological polar surface area (TPSA) is 77.1 Å². The number of amides is 2. The number of ether oxygens (including phenoxy) is 3. The van der Waals surface area contributed by atoms with Crippen LogP contribution in [0.1, 0.15) is 23.6 Å². The van der Waals surface area contributed by atoms with Crippen LogP contribution in [-0.4, -0.2) is 30.1 Å². The molecule has 2 aliphatic heterocycles. The Morgan fingerprint density at radius 2 is 1.71 bits per heavy atom. The third kappa shape index (κ3) is 3.96. The molecule has 0 spiro atoms. The van der Waals surface area contributed by atoms with E-state index in [2.05, 4.69) is 5.32 Å². The number of para-hydroxylation sites is 2. The minimum atomic E-state index is -0.399. The monoisotopic (exact) mass is 456 g/mol. The van der Waals surface area contributed by atoms with Gasteiger partial charge >= 0.3 is 0 Å². The number of hydrogen-bond acceptors (Lipinski definition) is 6. The number of anilines is 1. The maximum Gasteiger partial charge on any atom is 0.278 e. The molecule has 0 fully saturated rings. The van der Waals surface area contributed by atoms with E-state index in [4.69, 9.17) is 14.2 Å². The van der Waals surface area contributed by atoms with Crippen LogP contribution in [0.25, 0.3) is 5.57 Å². The van der Waals surface area contributed by atoms with Crippen molar-refractivity contribution >= 4 is 23.1 Å². The molecular formula is C27H24N2O5. The van der Waals surface area contributed by atoms with Crippen LogP contribution in [0.15, 0.2) is 72.4 Å². The molecule has 7 heteroatoms. The minimum absolute atomic E-state index is 0.113. The third-order valence-electron chi connectivity index (χ3n) is 5.73. The Hall–Kier alpha value is -4.26. The van der Waals surface area contributed by atoms with E-state index in [1.165, 1.54) is 4.90 Å². The first-order valence-corrected chi connectivity index (χ1v) is 11.1. The van der Waals surface area contributed by atoms with E-state index in [-0.39, 0.29) is 24.9 Å². The smallest absolute Gasteiger partial charge is 0.278 e. The van der Waals surface area contributed by atoms with Gasteiger partial charge in [-0.2, -0.15) is 0 Å². The normalized spacial score (nSPS) is 14.7. The molecule has 0 aromatic heterocycles. The van der Waals surface area contributed by atoms with E-state index in [0.717, 1.165) is 11.1 Å². The molecule has 1 N–H and O–H groups in total. The summed E-state index contributed by atoms with van der Waals surface area (Å²) in [4.78, 5) is 28.4. The highest BCUT2D eigenvalue weighted by molar-refractivity contribution is 6.36. The summed E-state index contributed by atoms with van der Waals surface area (Å²) in [5.74, 6) is 1.10. The summed E-state index contributed by atoms with van der Waals surface area (Å²) >= 11 is 0. The maximum absolute atomic E-state index is 13.6. The average molecular weight is 456 g/mol. The van der Waals surface area contributed by atoms with E-state index >= 15 is 0 Å². The second-order valence-electron chi connectivity index (χ2n) is 8.05. The number of imide groups is 1. The number of aryl methyl sites for hydroxylation is 1. The SMILES string of the molecule is CCOc1ccccc1NC1=C(c2ccc(C)cc2)C(=O)N(Cc2ccc3c(c2)OCO3)C1=O. The van der Waals surface area contributed by atoms with Gasteiger partial charge in [0, 0.05) is 0 Å². The lowest BCUT2D eigenvalue weighted by Crippen LogP contribution is -2.32. The highest BCUT2D eigenvalue weighted by atomic mass is 16.7.